The Labute approximate surface area is 184 Å². The van der Waals surface area contributed by atoms with E-state index >= 15 is 0 Å². The number of nitrogens with one attached hydrogen (secondary N) is 2. The molecule has 0 atom stereocenters. The van der Waals surface area contributed by atoms with Gasteiger partial charge in [0.2, 0.25) is 0 Å². The maximum atomic E-state index is 12.4. The Morgan fingerprint density at radius 1 is 1.33 bits per heavy atom. The zero-order chi connectivity index (χ0) is 22.1. The van der Waals surface area contributed by atoms with Crippen LogP contribution in [0.25, 0.3) is 16.9 Å². The van der Waals surface area contributed by atoms with E-state index in [1.165, 1.54) is 0 Å². The average molecular weight is 505 g/mol. The Balaban J connectivity index is 1.94. The second-order valence-corrected chi connectivity index (χ2v) is 8.08. The number of amides is 1. The summed E-state index contributed by atoms with van der Waals surface area (Å²) in [4.78, 5) is 20.7. The molecule has 3 rings (SSSR count). The summed E-state index contributed by atoms with van der Waals surface area (Å²) in [6.07, 6.45) is -2.04. The minimum Gasteiger partial charge on any atom is -0.367 e. The smallest absolute Gasteiger partial charge is 0.367 e. The molecule has 0 spiro atoms. The van der Waals surface area contributed by atoms with E-state index in [4.69, 9.17) is 11.6 Å². The van der Waals surface area contributed by atoms with Crippen molar-refractivity contribution in [1.29, 1.82) is 0 Å². The molecule has 11 heteroatoms. The van der Waals surface area contributed by atoms with Crippen LogP contribution in [0.3, 0.4) is 0 Å². The van der Waals surface area contributed by atoms with E-state index in [1.807, 2.05) is 13.8 Å². The Hall–Kier alpha value is -2.33. The molecule has 0 fully saturated rings. The van der Waals surface area contributed by atoms with Crippen LogP contribution < -0.4 is 10.6 Å². The van der Waals surface area contributed by atoms with Crippen LogP contribution in [-0.4, -0.2) is 39.0 Å². The number of halogens is 5. The highest BCUT2D eigenvalue weighted by molar-refractivity contribution is 9.10. The molecule has 3 aromatic rings. The monoisotopic (exact) mass is 503 g/mol. The normalized spacial score (nSPS) is 11.9. The fourth-order valence-electron chi connectivity index (χ4n) is 2.81. The summed E-state index contributed by atoms with van der Waals surface area (Å²) in [6.45, 7) is 3.38. The fourth-order valence-corrected chi connectivity index (χ4v) is 3.46. The highest BCUT2D eigenvalue weighted by atomic mass is 79.9. The van der Waals surface area contributed by atoms with Crippen molar-refractivity contribution < 1.29 is 18.0 Å². The number of alkyl halides is 3. The predicted octanol–water partition coefficient (Wildman–Crippen LogP) is 5.31. The number of carbonyl (C=O) groups is 1. The summed E-state index contributed by atoms with van der Waals surface area (Å²) in [6, 6.07) is 4.97. The van der Waals surface area contributed by atoms with Gasteiger partial charge in [0.05, 0.1) is 28.9 Å². The van der Waals surface area contributed by atoms with Crippen LogP contribution in [0.5, 0.6) is 0 Å². The fraction of sp³-hybridized carbons (Fsp3) is 0.316. The van der Waals surface area contributed by atoms with Crippen molar-refractivity contribution in [3.05, 3.63) is 45.8 Å². The average Bonchev–Trinajstić information content (AvgIpc) is 3.03. The summed E-state index contributed by atoms with van der Waals surface area (Å²) in [5.74, 6) is -0.0540. The molecule has 0 unspecified atom stereocenters. The first-order valence-electron chi connectivity index (χ1n) is 9.00. The summed E-state index contributed by atoms with van der Waals surface area (Å²) in [5, 5.41) is 5.74. The first kappa shape index (κ1) is 22.4. The molecule has 0 aliphatic rings. The standard InChI is InChI=1S/C19H18BrClF3N5O/c1-10(2)27-18(30)12-4-3-11(7-13(12)21)14-8-26-17-16(25-6-5-19(22,23)24)28-15(20)9-29(14)17/h3-4,7-10H,5-6H2,1-2H3,(H,25,28)(H,27,30). The summed E-state index contributed by atoms with van der Waals surface area (Å²) in [7, 11) is 0. The first-order valence-corrected chi connectivity index (χ1v) is 10.2. The van der Waals surface area contributed by atoms with Gasteiger partial charge in [-0.15, -0.1) is 0 Å². The largest absolute Gasteiger partial charge is 0.390 e. The molecular weight excluding hydrogens is 487 g/mol. The third-order valence-corrected chi connectivity index (χ3v) is 4.79. The molecule has 2 N–H and O–H groups in total. The van der Waals surface area contributed by atoms with Crippen molar-refractivity contribution in [2.45, 2.75) is 32.5 Å². The lowest BCUT2D eigenvalue weighted by Crippen LogP contribution is -2.30. The molecule has 1 aromatic carbocycles. The molecule has 2 aromatic heterocycles. The Morgan fingerprint density at radius 3 is 2.70 bits per heavy atom. The number of hydrogen-bond donors (Lipinski definition) is 2. The maximum Gasteiger partial charge on any atom is 0.390 e. The molecule has 0 aliphatic heterocycles. The molecule has 0 bridgehead atoms. The zero-order valence-corrected chi connectivity index (χ0v) is 18.4. The number of anilines is 1. The lowest BCUT2D eigenvalue weighted by Gasteiger charge is -2.12. The van der Waals surface area contributed by atoms with E-state index in [9.17, 15) is 18.0 Å². The highest BCUT2D eigenvalue weighted by Crippen LogP contribution is 2.29. The summed E-state index contributed by atoms with van der Waals surface area (Å²) < 4.78 is 39.4. The molecule has 2 heterocycles. The van der Waals surface area contributed by atoms with Gasteiger partial charge >= 0.3 is 6.18 Å². The van der Waals surface area contributed by atoms with Crippen molar-refractivity contribution in [2.24, 2.45) is 0 Å². The highest BCUT2D eigenvalue weighted by Gasteiger charge is 2.26. The van der Waals surface area contributed by atoms with Crippen molar-refractivity contribution in [2.75, 3.05) is 11.9 Å². The molecule has 0 radical (unpaired) electrons. The minimum atomic E-state index is -4.27. The number of rotatable bonds is 6. The van der Waals surface area contributed by atoms with E-state index in [1.54, 1.807) is 35.0 Å². The second kappa shape index (κ2) is 8.81. The van der Waals surface area contributed by atoms with Crippen LogP contribution in [0.2, 0.25) is 5.02 Å². The molecule has 30 heavy (non-hydrogen) atoms. The number of imidazole rings is 1. The number of benzene rings is 1. The SMILES string of the molecule is CC(C)NC(=O)c1ccc(-c2cnc3c(NCCC(F)(F)F)nc(Br)cn23)cc1Cl. The molecule has 0 aliphatic carbocycles. The van der Waals surface area contributed by atoms with Gasteiger partial charge in [0.15, 0.2) is 11.5 Å². The number of nitrogens with zero attached hydrogens (tertiary/aromatic N) is 3. The zero-order valence-electron chi connectivity index (χ0n) is 16.0. The van der Waals surface area contributed by atoms with Gasteiger partial charge in [-0.25, -0.2) is 9.97 Å². The third-order valence-electron chi connectivity index (χ3n) is 4.09. The molecule has 0 saturated carbocycles. The van der Waals surface area contributed by atoms with E-state index in [0.717, 1.165) is 0 Å². The molecular formula is C19H18BrClF3N5O. The van der Waals surface area contributed by atoms with Gasteiger partial charge in [0, 0.05) is 24.3 Å². The Bertz CT molecular complexity index is 1080. The number of hydrogen-bond acceptors (Lipinski definition) is 4. The third kappa shape index (κ3) is 5.23. The predicted molar refractivity (Wildman–Crippen MR) is 113 cm³/mol. The van der Waals surface area contributed by atoms with Gasteiger partial charge in [-0.2, -0.15) is 13.2 Å². The van der Waals surface area contributed by atoms with Crippen molar-refractivity contribution in [1.82, 2.24) is 19.7 Å². The molecule has 6 nitrogen and oxygen atoms in total. The van der Waals surface area contributed by atoms with Crippen LogP contribution in [0, 0.1) is 0 Å². The summed E-state index contributed by atoms with van der Waals surface area (Å²) in [5.41, 5.74) is 2.05. The van der Waals surface area contributed by atoms with Crippen LogP contribution in [-0.2, 0) is 0 Å². The topological polar surface area (TPSA) is 71.3 Å². The van der Waals surface area contributed by atoms with Gasteiger partial charge in [0.1, 0.15) is 4.60 Å². The van der Waals surface area contributed by atoms with Crippen molar-refractivity contribution in [3.8, 4) is 11.3 Å². The number of aromatic nitrogens is 3. The number of fused-ring (bicyclic) bond motifs is 1. The van der Waals surface area contributed by atoms with E-state index in [0.29, 0.717) is 27.1 Å². The van der Waals surface area contributed by atoms with Gasteiger partial charge in [-0.3, -0.25) is 9.20 Å². The van der Waals surface area contributed by atoms with Gasteiger partial charge in [-0.05, 0) is 41.9 Å². The Kier molecular flexibility index (Phi) is 6.56. The summed E-state index contributed by atoms with van der Waals surface area (Å²) >= 11 is 9.59. The quantitative estimate of drug-likeness (QED) is 0.477. The Morgan fingerprint density at radius 2 is 2.07 bits per heavy atom. The van der Waals surface area contributed by atoms with Gasteiger partial charge < -0.3 is 10.6 Å². The van der Waals surface area contributed by atoms with E-state index < -0.39 is 12.6 Å². The van der Waals surface area contributed by atoms with Gasteiger partial charge in [0.25, 0.3) is 5.91 Å². The van der Waals surface area contributed by atoms with Crippen LogP contribution >= 0.6 is 27.5 Å². The maximum absolute atomic E-state index is 12.4. The lowest BCUT2D eigenvalue weighted by atomic mass is 10.1. The lowest BCUT2D eigenvalue weighted by molar-refractivity contribution is -0.131. The van der Waals surface area contributed by atoms with Crippen LogP contribution in [0.4, 0.5) is 19.0 Å². The van der Waals surface area contributed by atoms with Crippen LogP contribution in [0.1, 0.15) is 30.6 Å². The van der Waals surface area contributed by atoms with Crippen molar-refractivity contribution >= 4 is 44.9 Å². The van der Waals surface area contributed by atoms with E-state index in [2.05, 4.69) is 36.5 Å². The number of carbonyl (C=O) groups excluding carboxylic acids is 1. The minimum absolute atomic E-state index is 0.0277. The first-order chi connectivity index (χ1) is 14.0. The molecule has 160 valence electrons. The molecule has 1 amide bonds. The van der Waals surface area contributed by atoms with Crippen molar-refractivity contribution in [3.63, 3.8) is 0 Å². The van der Waals surface area contributed by atoms with Crippen LogP contribution in [0.15, 0.2) is 35.2 Å². The molecule has 0 saturated heterocycles. The van der Waals surface area contributed by atoms with E-state index in [-0.39, 0.29) is 29.3 Å². The second-order valence-electron chi connectivity index (χ2n) is 6.86. The van der Waals surface area contributed by atoms with Gasteiger partial charge in [-0.1, -0.05) is 17.7 Å².